The maximum absolute atomic E-state index is 12.9. The van der Waals surface area contributed by atoms with Crippen LogP contribution in [-0.2, 0) is 45.8 Å². The van der Waals surface area contributed by atoms with Crippen molar-refractivity contribution >= 4 is 34.9 Å². The minimum atomic E-state index is -3.21. The quantitative estimate of drug-likeness (QED) is 0.0602. The Kier molecular flexibility index (Phi) is 17.3. The first-order chi connectivity index (χ1) is 27.2. The van der Waals surface area contributed by atoms with Crippen LogP contribution in [0.3, 0.4) is 0 Å². The summed E-state index contributed by atoms with van der Waals surface area (Å²) in [5.41, 5.74) is 11.9. The van der Waals surface area contributed by atoms with Gasteiger partial charge < -0.3 is 121 Å². The smallest absolute Gasteiger partial charge is 0.364 e. The summed E-state index contributed by atoms with van der Waals surface area (Å²) in [5, 5.41) is 157. The fraction of sp³-hybridized carbons (Fsp3) is 0.933. The van der Waals surface area contributed by atoms with Gasteiger partial charge in [-0.15, -0.1) is 0 Å². The number of carboxylic acids is 2. The second kappa shape index (κ2) is 20.3. The summed E-state index contributed by atoms with van der Waals surface area (Å²) < 4.78 is 43.4. The zero-order valence-electron chi connectivity index (χ0n) is 30.1. The molecule has 0 amide bonds. The molecule has 0 aromatic heterocycles. The molecule has 58 heavy (non-hydrogen) atoms. The Morgan fingerprint density at radius 3 is 1.71 bits per heavy atom. The van der Waals surface area contributed by atoms with Crippen molar-refractivity contribution < 1.29 is 122 Å². The largest absolute Gasteiger partial charge is 0.477 e. The number of aliphatic carboxylic acids is 2. The lowest BCUT2D eigenvalue weighted by molar-refractivity contribution is -0.385. The summed E-state index contributed by atoms with van der Waals surface area (Å²) in [7, 11) is 0. The van der Waals surface area contributed by atoms with Crippen LogP contribution in [-0.4, -0.2) is 249 Å². The molecule has 0 radical (unpaired) electrons. The van der Waals surface area contributed by atoms with E-state index in [2.05, 4.69) is 0 Å². The van der Waals surface area contributed by atoms with Gasteiger partial charge in [-0.25, -0.2) is 9.59 Å². The monoisotopic (exact) mass is 966 g/mol. The Balaban J connectivity index is 1.63. The first-order valence-corrected chi connectivity index (χ1v) is 18.5. The Bertz CT molecular complexity index is 1360. The zero-order valence-corrected chi connectivity index (χ0v) is 32.3. The number of carboxylic acid groups (broad SMARTS) is 2. The molecule has 4 aliphatic rings. The van der Waals surface area contributed by atoms with Crippen LogP contribution < -0.4 is 11.5 Å². The molecule has 4 fully saturated rings. The normalized spacial score (nSPS) is 45.9. The molecule has 0 saturated carbocycles. The van der Waals surface area contributed by atoms with Gasteiger partial charge in [0.2, 0.25) is 0 Å². The van der Waals surface area contributed by atoms with Crippen LogP contribution in [0.5, 0.6) is 0 Å². The van der Waals surface area contributed by atoms with E-state index >= 15 is 0 Å². The first kappa shape index (κ1) is 49.4. The van der Waals surface area contributed by atoms with Crippen LogP contribution in [0, 0.1) is 0 Å². The topological polar surface area (TPSA) is 463 Å². The molecule has 19 unspecified atom stereocenters. The van der Waals surface area contributed by atoms with Gasteiger partial charge in [0, 0.05) is 12.8 Å². The van der Waals surface area contributed by atoms with Crippen molar-refractivity contribution in [1.82, 2.24) is 0 Å². The van der Waals surface area contributed by atoms with Crippen LogP contribution in [0.2, 0.25) is 0 Å². The molecule has 27 nitrogen and oxygen atoms in total. The van der Waals surface area contributed by atoms with Crippen LogP contribution in [0.4, 0.5) is 0 Å². The molecule has 4 rings (SSSR count). The maximum Gasteiger partial charge on any atom is 0.364 e. The molecule has 4 heterocycles. The lowest BCUT2D eigenvalue weighted by atomic mass is 9.87. The van der Waals surface area contributed by atoms with Crippen LogP contribution in [0.25, 0.3) is 0 Å². The van der Waals surface area contributed by atoms with E-state index in [0.29, 0.717) is 0 Å². The summed E-state index contributed by atoms with van der Waals surface area (Å²) in [6, 6.07) is -3.37. The number of hydrogen-bond acceptors (Lipinski definition) is 25. The molecular weight excluding hydrogens is 915 g/mol. The SMILES string of the molecule is NC1C(O)CC(OC2C(O)C(CO)OC(OC3C(CO)OC(OI)C(O)C3O)C2O)(C(=O)O)OC1[C@H](O)C(CO)OC1(C(=O)O)CC(O)C(N)C([C@H](O)[C@H](O)CO)O1. The predicted octanol–water partition coefficient (Wildman–Crippen LogP) is -10.0. The highest BCUT2D eigenvalue weighted by Gasteiger charge is 2.61. The van der Waals surface area contributed by atoms with Crippen LogP contribution >= 0.6 is 23.0 Å². The minimum absolute atomic E-state index is 0.848. The van der Waals surface area contributed by atoms with Gasteiger partial charge in [-0.05, 0) is 0 Å². The van der Waals surface area contributed by atoms with Crippen molar-refractivity contribution in [3.8, 4) is 0 Å². The second-order valence-corrected chi connectivity index (χ2v) is 14.7. The third-order valence-electron chi connectivity index (χ3n) is 10.4. The molecular formula is C30H51IN2O25. The van der Waals surface area contributed by atoms with Crippen LogP contribution in [0.1, 0.15) is 12.8 Å². The molecule has 0 spiro atoms. The molecule has 0 aromatic carbocycles. The fourth-order valence-corrected chi connectivity index (χ4v) is 7.47. The Hall–Kier alpha value is -1.25. The molecule has 0 aromatic rings. The molecule has 4 aliphatic heterocycles. The number of carbonyl (C=O) groups is 2. The van der Waals surface area contributed by atoms with E-state index in [1.807, 2.05) is 0 Å². The summed E-state index contributed by atoms with van der Waals surface area (Å²) in [5.74, 6) is -10.4. The van der Waals surface area contributed by atoms with Gasteiger partial charge >= 0.3 is 11.9 Å². The first-order valence-electron chi connectivity index (χ1n) is 17.7. The highest BCUT2D eigenvalue weighted by molar-refractivity contribution is 14.1. The third kappa shape index (κ3) is 9.85. The summed E-state index contributed by atoms with van der Waals surface area (Å²) in [6.45, 7) is -4.28. The van der Waals surface area contributed by atoms with Gasteiger partial charge in [-0.1, -0.05) is 0 Å². The van der Waals surface area contributed by atoms with E-state index in [9.17, 15) is 86.2 Å². The van der Waals surface area contributed by atoms with E-state index in [0.717, 1.165) is 0 Å². The average molecular weight is 967 g/mol. The second-order valence-electron chi connectivity index (χ2n) is 14.2. The van der Waals surface area contributed by atoms with Gasteiger partial charge in [0.1, 0.15) is 108 Å². The van der Waals surface area contributed by atoms with E-state index in [1.165, 1.54) is 23.0 Å². The summed E-state index contributed by atoms with van der Waals surface area (Å²) >= 11 is 1.36. The van der Waals surface area contributed by atoms with E-state index in [1.54, 1.807) is 0 Å². The number of rotatable bonds is 17. The number of halogens is 1. The van der Waals surface area contributed by atoms with Crippen molar-refractivity contribution in [1.29, 1.82) is 0 Å². The standard InChI is InChI=1S/C30H51IN2O25/c31-58-26-19(45)18(44)21(12(6-37)52-26)53-25-20(46)24(16(42)10(4-35)51-25)57-30(28(49)50)2-8(39)14(33)23(56-30)17(43)11(5-36)54-29(27(47)48)1-7(38)13(32)22(55-29)15(41)9(40)3-34/h7-26,34-46H,1-6,32-33H2,(H,47,48)(H,49,50)/t7?,8?,9-,10?,11?,12?,13?,14?,15-,16?,17-,18?,19?,20?,21?,22?,23?,24?,25?,26?,29?,30?/m1/s1. The van der Waals surface area contributed by atoms with E-state index < -0.39 is 185 Å². The Morgan fingerprint density at radius 2 is 1.21 bits per heavy atom. The Labute approximate surface area is 341 Å². The average Bonchev–Trinajstić information content (AvgIpc) is 3.19. The maximum atomic E-state index is 12.9. The third-order valence-corrected chi connectivity index (χ3v) is 10.9. The number of aliphatic hydroxyl groups excluding tert-OH is 13. The molecule has 22 atom stereocenters. The molecule has 0 aliphatic carbocycles. The number of hydrogen-bond donors (Lipinski definition) is 17. The van der Waals surface area contributed by atoms with Crippen LogP contribution in [0.15, 0.2) is 0 Å². The van der Waals surface area contributed by atoms with Crippen molar-refractivity contribution in [2.24, 2.45) is 11.5 Å². The highest BCUT2D eigenvalue weighted by atomic mass is 127. The summed E-state index contributed by atoms with van der Waals surface area (Å²) in [4.78, 5) is 25.5. The van der Waals surface area contributed by atoms with Crippen molar-refractivity contribution in [3.05, 3.63) is 0 Å². The number of nitrogens with two attached hydrogens (primary N) is 2. The highest BCUT2D eigenvalue weighted by Crippen LogP contribution is 2.40. The van der Waals surface area contributed by atoms with Crippen molar-refractivity contribution in [3.63, 3.8) is 0 Å². The lowest BCUT2D eigenvalue weighted by Gasteiger charge is -2.50. The molecule has 19 N–H and O–H groups in total. The van der Waals surface area contributed by atoms with E-state index in [4.69, 9.17) is 47.7 Å². The van der Waals surface area contributed by atoms with E-state index in [-0.39, 0.29) is 0 Å². The minimum Gasteiger partial charge on any atom is -0.477 e. The van der Waals surface area contributed by atoms with Gasteiger partial charge in [0.05, 0.1) is 50.7 Å². The molecule has 0 bridgehead atoms. The van der Waals surface area contributed by atoms with Gasteiger partial charge in [-0.3, -0.25) is 3.07 Å². The molecule has 28 heteroatoms. The summed E-state index contributed by atoms with van der Waals surface area (Å²) in [6.07, 6.45) is -37.6. The predicted molar refractivity (Wildman–Crippen MR) is 185 cm³/mol. The lowest BCUT2D eigenvalue weighted by Crippen LogP contribution is -2.71. The molecule has 338 valence electrons. The fourth-order valence-electron chi connectivity index (χ4n) is 7.05. The zero-order chi connectivity index (χ0) is 43.6. The van der Waals surface area contributed by atoms with Crippen molar-refractivity contribution in [2.45, 2.75) is 147 Å². The number of aliphatic hydroxyl groups is 13. The Morgan fingerprint density at radius 1 is 0.690 bits per heavy atom. The number of ether oxygens (including phenoxy) is 7. The van der Waals surface area contributed by atoms with Gasteiger partial charge in [0.15, 0.2) is 12.6 Å². The molecule has 4 saturated heterocycles. The van der Waals surface area contributed by atoms with Gasteiger partial charge in [-0.2, -0.15) is 0 Å². The van der Waals surface area contributed by atoms with Gasteiger partial charge in [0.25, 0.3) is 11.6 Å². The van der Waals surface area contributed by atoms with Crippen molar-refractivity contribution in [2.75, 3.05) is 26.4 Å².